The van der Waals surface area contributed by atoms with Gasteiger partial charge in [-0.25, -0.2) is 18.5 Å². The van der Waals surface area contributed by atoms with E-state index in [0.717, 1.165) is 0 Å². The molecule has 0 atom stereocenters. The lowest BCUT2D eigenvalue weighted by molar-refractivity contribution is 0.186. The van der Waals surface area contributed by atoms with E-state index in [-0.39, 0.29) is 17.5 Å². The van der Waals surface area contributed by atoms with Crippen LogP contribution >= 0.6 is 0 Å². The Morgan fingerprint density at radius 2 is 2.07 bits per heavy atom. The van der Waals surface area contributed by atoms with Gasteiger partial charge in [0.2, 0.25) is 15.0 Å². The Balaban J connectivity index is 2.57. The van der Waals surface area contributed by atoms with Gasteiger partial charge in [-0.2, -0.15) is 0 Å². The van der Waals surface area contributed by atoms with E-state index in [4.69, 9.17) is 0 Å². The summed E-state index contributed by atoms with van der Waals surface area (Å²) in [6.07, 6.45) is 4.79. The second kappa shape index (κ2) is 5.27. The van der Waals surface area contributed by atoms with Crippen LogP contribution in [0.4, 0.5) is 0 Å². The summed E-state index contributed by atoms with van der Waals surface area (Å²) in [5.41, 5.74) is 0. The Morgan fingerprint density at radius 3 is 2.60 bits per heavy atom. The SMILES string of the molecule is Cn1ccnc1S(=O)(=O)CCCCC[O]. The number of aromatic nitrogens is 2. The van der Waals surface area contributed by atoms with Crippen LogP contribution in [0.3, 0.4) is 0 Å². The Kier molecular flexibility index (Phi) is 4.28. The summed E-state index contributed by atoms with van der Waals surface area (Å²) in [5, 5.41) is 10.3. The second-order valence-electron chi connectivity index (χ2n) is 3.40. The summed E-state index contributed by atoms with van der Waals surface area (Å²) in [6, 6.07) is 0. The first-order chi connectivity index (χ1) is 7.08. The number of rotatable bonds is 6. The van der Waals surface area contributed by atoms with Gasteiger partial charge in [0.05, 0.1) is 12.4 Å². The van der Waals surface area contributed by atoms with Crippen LogP contribution in [0.2, 0.25) is 0 Å². The van der Waals surface area contributed by atoms with Crippen LogP contribution < -0.4 is 0 Å². The van der Waals surface area contributed by atoms with Gasteiger partial charge in [0.25, 0.3) is 0 Å². The molecule has 0 unspecified atom stereocenters. The molecule has 0 saturated carbocycles. The second-order valence-corrected chi connectivity index (χ2v) is 5.41. The molecule has 0 aliphatic heterocycles. The van der Waals surface area contributed by atoms with Crippen molar-refractivity contribution in [2.24, 2.45) is 7.05 Å². The average Bonchev–Trinajstić information content (AvgIpc) is 2.60. The lowest BCUT2D eigenvalue weighted by Gasteiger charge is -2.03. The predicted octanol–water partition coefficient (Wildman–Crippen LogP) is 0.795. The number of nitrogens with zero attached hydrogens (tertiary/aromatic N) is 2. The van der Waals surface area contributed by atoms with Gasteiger partial charge >= 0.3 is 0 Å². The Bertz CT molecular complexity index is 397. The Hall–Kier alpha value is -0.880. The van der Waals surface area contributed by atoms with Gasteiger partial charge in [-0.1, -0.05) is 6.42 Å². The molecule has 0 bridgehead atoms. The maximum absolute atomic E-state index is 11.7. The van der Waals surface area contributed by atoms with Gasteiger partial charge in [0.1, 0.15) is 0 Å². The lowest BCUT2D eigenvalue weighted by atomic mass is 10.3. The number of aryl methyl sites for hydroxylation is 1. The van der Waals surface area contributed by atoms with Gasteiger partial charge in [-0.05, 0) is 12.8 Å². The highest BCUT2D eigenvalue weighted by atomic mass is 32.2. The monoisotopic (exact) mass is 231 g/mol. The molecule has 0 N–H and O–H groups in total. The molecule has 85 valence electrons. The summed E-state index contributed by atoms with van der Waals surface area (Å²) in [5.74, 6) is 0.0673. The first-order valence-corrected chi connectivity index (χ1v) is 6.51. The molecule has 0 amide bonds. The van der Waals surface area contributed by atoms with Crippen molar-refractivity contribution in [3.05, 3.63) is 12.4 Å². The van der Waals surface area contributed by atoms with E-state index in [2.05, 4.69) is 4.98 Å². The van der Waals surface area contributed by atoms with E-state index in [1.165, 1.54) is 10.8 Å². The van der Waals surface area contributed by atoms with Gasteiger partial charge in [-0.15, -0.1) is 0 Å². The summed E-state index contributed by atoms with van der Waals surface area (Å²) in [4.78, 5) is 3.80. The first-order valence-electron chi connectivity index (χ1n) is 4.86. The molecule has 1 heterocycles. The number of hydrogen-bond donors (Lipinski definition) is 0. The van der Waals surface area contributed by atoms with Gasteiger partial charge in [0, 0.05) is 19.4 Å². The molecule has 0 spiro atoms. The van der Waals surface area contributed by atoms with E-state index in [1.807, 2.05) is 0 Å². The van der Waals surface area contributed by atoms with Crippen molar-refractivity contribution < 1.29 is 13.5 Å². The van der Waals surface area contributed by atoms with Gasteiger partial charge < -0.3 is 4.57 Å². The molecule has 1 aromatic heterocycles. The van der Waals surface area contributed by atoms with Gasteiger partial charge in [0.15, 0.2) is 0 Å². The lowest BCUT2D eigenvalue weighted by Crippen LogP contribution is -2.12. The topological polar surface area (TPSA) is 71.9 Å². The van der Waals surface area contributed by atoms with Crippen molar-refractivity contribution in [1.82, 2.24) is 9.55 Å². The van der Waals surface area contributed by atoms with E-state index < -0.39 is 9.84 Å². The van der Waals surface area contributed by atoms with Crippen LogP contribution in [0.25, 0.3) is 0 Å². The minimum Gasteiger partial charge on any atom is -0.325 e. The zero-order chi connectivity index (χ0) is 11.3. The molecule has 15 heavy (non-hydrogen) atoms. The molecular formula is C9H15N2O3S. The van der Waals surface area contributed by atoms with E-state index >= 15 is 0 Å². The quantitative estimate of drug-likeness (QED) is 0.680. The van der Waals surface area contributed by atoms with Crippen molar-refractivity contribution in [3.63, 3.8) is 0 Å². The summed E-state index contributed by atoms with van der Waals surface area (Å²) in [6.45, 7) is -0.136. The highest BCUT2D eigenvalue weighted by Crippen LogP contribution is 2.09. The number of hydrogen-bond acceptors (Lipinski definition) is 3. The van der Waals surface area contributed by atoms with Crippen LogP contribution in [-0.2, 0) is 22.0 Å². The van der Waals surface area contributed by atoms with Crippen molar-refractivity contribution in [3.8, 4) is 0 Å². The number of imidazole rings is 1. The maximum atomic E-state index is 11.7. The minimum atomic E-state index is -3.28. The normalized spacial score (nSPS) is 11.9. The Labute approximate surface area is 89.7 Å². The molecule has 0 aromatic carbocycles. The molecule has 1 radical (unpaired) electrons. The summed E-state index contributed by atoms with van der Waals surface area (Å²) < 4.78 is 24.9. The predicted molar refractivity (Wildman–Crippen MR) is 54.7 cm³/mol. The van der Waals surface area contributed by atoms with Crippen molar-refractivity contribution >= 4 is 9.84 Å². The minimum absolute atomic E-state index is 0.0673. The van der Waals surface area contributed by atoms with Crippen LogP contribution in [0.1, 0.15) is 19.3 Å². The molecule has 0 aliphatic carbocycles. The van der Waals surface area contributed by atoms with Crippen LogP contribution in [0.5, 0.6) is 0 Å². The van der Waals surface area contributed by atoms with Gasteiger partial charge in [-0.3, -0.25) is 0 Å². The molecule has 5 nitrogen and oxygen atoms in total. The number of unbranched alkanes of at least 4 members (excludes halogenated alkanes) is 2. The third-order valence-corrected chi connectivity index (χ3v) is 3.89. The van der Waals surface area contributed by atoms with Crippen LogP contribution in [0, 0.1) is 0 Å². The highest BCUT2D eigenvalue weighted by molar-refractivity contribution is 7.91. The standard InChI is InChI=1S/C9H15N2O3S/c1-11-6-5-10-9(11)15(13,14)8-4-2-3-7-12/h5-6H,2-4,7-8H2,1H3. The third-order valence-electron chi connectivity index (χ3n) is 2.11. The summed E-state index contributed by atoms with van der Waals surface area (Å²) >= 11 is 0. The highest BCUT2D eigenvalue weighted by Gasteiger charge is 2.18. The molecule has 1 aromatic rings. The zero-order valence-corrected chi connectivity index (χ0v) is 9.53. The molecular weight excluding hydrogens is 216 g/mol. The third kappa shape index (κ3) is 3.32. The van der Waals surface area contributed by atoms with Crippen molar-refractivity contribution in [2.45, 2.75) is 24.4 Å². The fraction of sp³-hybridized carbons (Fsp3) is 0.667. The fourth-order valence-electron chi connectivity index (χ4n) is 1.31. The average molecular weight is 231 g/mol. The van der Waals surface area contributed by atoms with Crippen molar-refractivity contribution in [1.29, 1.82) is 0 Å². The molecule has 1 rings (SSSR count). The molecule has 0 saturated heterocycles. The van der Waals surface area contributed by atoms with Crippen LogP contribution in [0.15, 0.2) is 17.6 Å². The van der Waals surface area contributed by atoms with Crippen LogP contribution in [-0.4, -0.2) is 30.3 Å². The van der Waals surface area contributed by atoms with E-state index in [1.54, 1.807) is 13.2 Å². The fourth-order valence-corrected chi connectivity index (χ4v) is 2.80. The summed E-state index contributed by atoms with van der Waals surface area (Å²) in [7, 11) is -1.63. The van der Waals surface area contributed by atoms with Crippen molar-refractivity contribution in [2.75, 3.05) is 12.4 Å². The van der Waals surface area contributed by atoms with E-state index in [9.17, 15) is 13.5 Å². The number of sulfone groups is 1. The maximum Gasteiger partial charge on any atom is 0.227 e. The smallest absolute Gasteiger partial charge is 0.227 e. The first kappa shape index (κ1) is 12.2. The molecule has 0 aliphatic rings. The largest absolute Gasteiger partial charge is 0.325 e. The molecule has 0 fully saturated rings. The molecule has 6 heteroatoms. The zero-order valence-electron chi connectivity index (χ0n) is 8.72. The van der Waals surface area contributed by atoms with E-state index in [0.29, 0.717) is 19.3 Å². The Morgan fingerprint density at radius 1 is 1.33 bits per heavy atom.